The zero-order valence-electron chi connectivity index (χ0n) is 12.8. The Bertz CT molecular complexity index is 597. The van der Waals surface area contributed by atoms with E-state index in [1.54, 1.807) is 0 Å². The Hall–Kier alpha value is -1.69. The SMILES string of the molecule is CCCOC1CCCN(c2ccc3nnc(C)n3n2)CC1. The van der Waals surface area contributed by atoms with Gasteiger partial charge in [-0.1, -0.05) is 6.92 Å². The molecule has 1 aliphatic rings. The normalized spacial score (nSPS) is 19.9. The fourth-order valence-electron chi connectivity index (χ4n) is 2.80. The lowest BCUT2D eigenvalue weighted by molar-refractivity contribution is 0.0461. The molecule has 0 radical (unpaired) electrons. The van der Waals surface area contributed by atoms with Gasteiger partial charge in [0.05, 0.1) is 6.10 Å². The van der Waals surface area contributed by atoms with Crippen LogP contribution in [0.4, 0.5) is 5.82 Å². The van der Waals surface area contributed by atoms with Gasteiger partial charge in [-0.05, 0) is 44.7 Å². The lowest BCUT2D eigenvalue weighted by Crippen LogP contribution is -2.26. The van der Waals surface area contributed by atoms with Crippen molar-refractivity contribution in [1.29, 1.82) is 0 Å². The van der Waals surface area contributed by atoms with Gasteiger partial charge < -0.3 is 9.64 Å². The van der Waals surface area contributed by atoms with Gasteiger partial charge in [0.25, 0.3) is 0 Å². The van der Waals surface area contributed by atoms with E-state index in [1.165, 1.54) is 0 Å². The third-order valence-electron chi connectivity index (χ3n) is 3.96. The lowest BCUT2D eigenvalue weighted by Gasteiger charge is -2.21. The summed E-state index contributed by atoms with van der Waals surface area (Å²) in [6.07, 6.45) is 4.85. The van der Waals surface area contributed by atoms with Gasteiger partial charge in [-0.2, -0.15) is 4.52 Å². The number of anilines is 1. The Morgan fingerprint density at radius 3 is 3.00 bits per heavy atom. The molecule has 6 nitrogen and oxygen atoms in total. The second-order valence-corrected chi connectivity index (χ2v) is 5.62. The lowest BCUT2D eigenvalue weighted by atomic mass is 10.2. The first-order chi connectivity index (χ1) is 10.3. The summed E-state index contributed by atoms with van der Waals surface area (Å²) in [7, 11) is 0. The van der Waals surface area contributed by atoms with Crippen molar-refractivity contribution in [3.8, 4) is 0 Å². The van der Waals surface area contributed by atoms with Crippen molar-refractivity contribution in [3.05, 3.63) is 18.0 Å². The van der Waals surface area contributed by atoms with E-state index in [0.717, 1.165) is 62.7 Å². The first-order valence-corrected chi connectivity index (χ1v) is 7.83. The third kappa shape index (κ3) is 3.15. The van der Waals surface area contributed by atoms with Crippen LogP contribution in [0.15, 0.2) is 12.1 Å². The second kappa shape index (κ2) is 6.39. The Kier molecular flexibility index (Phi) is 4.34. The molecule has 2 aromatic rings. The number of aryl methyl sites for hydroxylation is 1. The Labute approximate surface area is 125 Å². The third-order valence-corrected chi connectivity index (χ3v) is 3.96. The smallest absolute Gasteiger partial charge is 0.178 e. The highest BCUT2D eigenvalue weighted by Gasteiger charge is 2.19. The molecule has 0 N–H and O–H groups in total. The molecule has 0 aliphatic carbocycles. The molecule has 0 saturated carbocycles. The molecule has 2 aromatic heterocycles. The number of hydrogen-bond acceptors (Lipinski definition) is 5. The number of nitrogens with zero attached hydrogens (tertiary/aromatic N) is 5. The van der Waals surface area contributed by atoms with Crippen LogP contribution < -0.4 is 4.90 Å². The standard InChI is InChI=1S/C15H23N5O/c1-3-11-21-13-5-4-9-19(10-8-13)15-7-6-14-17-16-12(2)20(14)18-15/h6-7,13H,3-5,8-11H2,1-2H3. The first kappa shape index (κ1) is 14.3. The molecule has 0 amide bonds. The van der Waals surface area contributed by atoms with Crippen LogP contribution in [0.2, 0.25) is 0 Å². The summed E-state index contributed by atoms with van der Waals surface area (Å²) in [6, 6.07) is 4.02. The number of fused-ring (bicyclic) bond motifs is 1. The molecular formula is C15H23N5O. The molecule has 1 saturated heterocycles. The molecule has 0 bridgehead atoms. The maximum Gasteiger partial charge on any atom is 0.178 e. The number of aromatic nitrogens is 4. The van der Waals surface area contributed by atoms with Crippen LogP contribution in [0.3, 0.4) is 0 Å². The minimum atomic E-state index is 0.398. The predicted molar refractivity (Wildman–Crippen MR) is 81.6 cm³/mol. The maximum absolute atomic E-state index is 5.90. The highest BCUT2D eigenvalue weighted by molar-refractivity contribution is 5.45. The fourth-order valence-corrected chi connectivity index (χ4v) is 2.80. The first-order valence-electron chi connectivity index (χ1n) is 7.83. The second-order valence-electron chi connectivity index (χ2n) is 5.62. The zero-order chi connectivity index (χ0) is 14.7. The number of rotatable bonds is 4. The van der Waals surface area contributed by atoms with Crippen LogP contribution in [0.1, 0.15) is 38.4 Å². The van der Waals surface area contributed by atoms with E-state index in [9.17, 15) is 0 Å². The summed E-state index contributed by atoms with van der Waals surface area (Å²) in [5, 5.41) is 12.8. The number of hydrogen-bond donors (Lipinski definition) is 0. The molecule has 1 aliphatic heterocycles. The molecule has 0 aromatic carbocycles. The predicted octanol–water partition coefficient (Wildman–Crippen LogP) is 2.22. The maximum atomic E-state index is 5.90. The van der Waals surface area contributed by atoms with Crippen molar-refractivity contribution in [2.75, 3.05) is 24.6 Å². The largest absolute Gasteiger partial charge is 0.378 e. The Balaban J connectivity index is 1.71. The molecule has 114 valence electrons. The van der Waals surface area contributed by atoms with Gasteiger partial charge in [-0.3, -0.25) is 0 Å². The van der Waals surface area contributed by atoms with Crippen molar-refractivity contribution in [2.45, 2.75) is 45.6 Å². The molecule has 0 spiro atoms. The van der Waals surface area contributed by atoms with E-state index in [1.807, 2.05) is 23.6 Å². The van der Waals surface area contributed by atoms with Crippen molar-refractivity contribution in [2.24, 2.45) is 0 Å². The van der Waals surface area contributed by atoms with Gasteiger partial charge in [0.2, 0.25) is 0 Å². The molecule has 1 unspecified atom stereocenters. The topological polar surface area (TPSA) is 55.5 Å². The van der Waals surface area contributed by atoms with Gasteiger partial charge >= 0.3 is 0 Å². The van der Waals surface area contributed by atoms with E-state index in [4.69, 9.17) is 4.74 Å². The monoisotopic (exact) mass is 289 g/mol. The summed E-state index contributed by atoms with van der Waals surface area (Å²) in [6.45, 7) is 6.98. The van der Waals surface area contributed by atoms with E-state index in [0.29, 0.717) is 6.10 Å². The van der Waals surface area contributed by atoms with Crippen LogP contribution in [-0.4, -0.2) is 45.6 Å². The van der Waals surface area contributed by atoms with Crippen LogP contribution in [-0.2, 0) is 4.74 Å². The van der Waals surface area contributed by atoms with Gasteiger partial charge in [-0.25, -0.2) is 0 Å². The molecule has 21 heavy (non-hydrogen) atoms. The van der Waals surface area contributed by atoms with E-state index < -0.39 is 0 Å². The van der Waals surface area contributed by atoms with Gasteiger partial charge in [0, 0.05) is 19.7 Å². The van der Waals surface area contributed by atoms with Gasteiger partial charge in [0.15, 0.2) is 11.5 Å². The van der Waals surface area contributed by atoms with Crippen molar-refractivity contribution >= 4 is 11.5 Å². The highest BCUT2D eigenvalue weighted by atomic mass is 16.5. The average Bonchev–Trinajstić information content (AvgIpc) is 2.74. The molecule has 6 heteroatoms. The number of ether oxygens (including phenoxy) is 1. The van der Waals surface area contributed by atoms with E-state index >= 15 is 0 Å². The zero-order valence-corrected chi connectivity index (χ0v) is 12.8. The molecule has 3 heterocycles. The average molecular weight is 289 g/mol. The molecular weight excluding hydrogens is 266 g/mol. The fraction of sp³-hybridized carbons (Fsp3) is 0.667. The van der Waals surface area contributed by atoms with Crippen LogP contribution in [0.25, 0.3) is 5.65 Å². The van der Waals surface area contributed by atoms with Crippen LogP contribution in [0, 0.1) is 6.92 Å². The van der Waals surface area contributed by atoms with Gasteiger partial charge in [-0.15, -0.1) is 15.3 Å². The van der Waals surface area contributed by atoms with Gasteiger partial charge in [0.1, 0.15) is 5.82 Å². The summed E-state index contributed by atoms with van der Waals surface area (Å²) < 4.78 is 7.71. The molecule has 1 fully saturated rings. The Morgan fingerprint density at radius 1 is 1.24 bits per heavy atom. The minimum Gasteiger partial charge on any atom is -0.378 e. The highest BCUT2D eigenvalue weighted by Crippen LogP contribution is 2.19. The summed E-state index contributed by atoms with van der Waals surface area (Å²) in [5.41, 5.74) is 0.801. The van der Waals surface area contributed by atoms with E-state index in [2.05, 4.69) is 27.1 Å². The summed E-state index contributed by atoms with van der Waals surface area (Å²) in [5.74, 6) is 1.83. The molecule has 1 atom stereocenters. The summed E-state index contributed by atoms with van der Waals surface area (Å²) in [4.78, 5) is 2.34. The summed E-state index contributed by atoms with van der Waals surface area (Å²) >= 11 is 0. The van der Waals surface area contributed by atoms with Crippen LogP contribution >= 0.6 is 0 Å². The van der Waals surface area contributed by atoms with Crippen molar-refractivity contribution in [3.63, 3.8) is 0 Å². The minimum absolute atomic E-state index is 0.398. The quantitative estimate of drug-likeness (QED) is 0.864. The Morgan fingerprint density at radius 2 is 2.14 bits per heavy atom. The molecule has 3 rings (SSSR count). The van der Waals surface area contributed by atoms with Crippen molar-refractivity contribution in [1.82, 2.24) is 19.8 Å². The van der Waals surface area contributed by atoms with E-state index in [-0.39, 0.29) is 0 Å². The van der Waals surface area contributed by atoms with Crippen LogP contribution in [0.5, 0.6) is 0 Å². The van der Waals surface area contributed by atoms with Crippen molar-refractivity contribution < 1.29 is 4.74 Å².